The quantitative estimate of drug-likeness (QED) is 0.659. The van der Waals surface area contributed by atoms with Crippen LogP contribution in [0.4, 0.5) is 5.82 Å². The number of benzene rings is 1. The summed E-state index contributed by atoms with van der Waals surface area (Å²) in [5, 5.41) is 9.05. The van der Waals surface area contributed by atoms with Crippen molar-refractivity contribution in [1.29, 1.82) is 5.26 Å². The molecule has 2 fully saturated rings. The van der Waals surface area contributed by atoms with E-state index in [1.807, 2.05) is 18.2 Å². The van der Waals surface area contributed by atoms with Gasteiger partial charge in [-0.15, -0.1) is 0 Å². The van der Waals surface area contributed by atoms with Crippen molar-refractivity contribution < 1.29 is 17.9 Å². The van der Waals surface area contributed by atoms with E-state index >= 15 is 0 Å². The second-order valence-corrected chi connectivity index (χ2v) is 9.57. The number of piperazine rings is 1. The summed E-state index contributed by atoms with van der Waals surface area (Å²) in [6.07, 6.45) is 2.40. The summed E-state index contributed by atoms with van der Waals surface area (Å²) in [7, 11) is -3.20. The summed E-state index contributed by atoms with van der Waals surface area (Å²) in [6.45, 7) is 3.19. The Morgan fingerprint density at radius 2 is 1.77 bits per heavy atom. The molecular weight excluding hydrogens is 418 g/mol. The van der Waals surface area contributed by atoms with Crippen LogP contribution in [0.5, 0.6) is 0 Å². The van der Waals surface area contributed by atoms with Gasteiger partial charge in [0.25, 0.3) is 0 Å². The first-order valence-corrected chi connectivity index (χ1v) is 12.1. The van der Waals surface area contributed by atoms with Gasteiger partial charge in [-0.05, 0) is 30.7 Å². The zero-order chi connectivity index (χ0) is 21.8. The summed E-state index contributed by atoms with van der Waals surface area (Å²) < 4.78 is 36.2. The normalized spacial score (nSPS) is 18.3. The Hall–Kier alpha value is -2.58. The highest BCUT2D eigenvalue weighted by molar-refractivity contribution is 7.88. The molecule has 1 aromatic heterocycles. The molecular formula is C21H25N5O4S. The number of hydrogen-bond acceptors (Lipinski definition) is 8. The van der Waals surface area contributed by atoms with Gasteiger partial charge in [-0.2, -0.15) is 9.57 Å². The highest BCUT2D eigenvalue weighted by atomic mass is 32.2. The molecule has 10 heteroatoms. The largest absolute Gasteiger partial charge is 0.354 e. The SMILES string of the molecule is CS(=O)(=O)N1CCN(c2cc(CCC3OCCO3)nc(-c3ccc(C#N)cc3)n2)CC1. The zero-order valence-corrected chi connectivity index (χ0v) is 18.2. The van der Waals surface area contributed by atoms with Crippen molar-refractivity contribution in [1.82, 2.24) is 14.3 Å². The molecule has 0 spiro atoms. The molecule has 0 atom stereocenters. The third kappa shape index (κ3) is 5.37. The van der Waals surface area contributed by atoms with Gasteiger partial charge in [0.05, 0.1) is 31.1 Å². The van der Waals surface area contributed by atoms with Crippen LogP contribution < -0.4 is 4.90 Å². The smallest absolute Gasteiger partial charge is 0.211 e. The minimum Gasteiger partial charge on any atom is -0.354 e. The molecule has 9 nitrogen and oxygen atoms in total. The number of nitriles is 1. The first-order valence-electron chi connectivity index (χ1n) is 10.2. The van der Waals surface area contributed by atoms with Gasteiger partial charge >= 0.3 is 0 Å². The summed E-state index contributed by atoms with van der Waals surface area (Å²) in [4.78, 5) is 11.6. The molecule has 0 bridgehead atoms. The Morgan fingerprint density at radius 3 is 2.39 bits per heavy atom. The van der Waals surface area contributed by atoms with Crippen molar-refractivity contribution in [3.8, 4) is 17.5 Å². The highest BCUT2D eigenvalue weighted by Gasteiger charge is 2.25. The molecule has 2 saturated heterocycles. The molecule has 31 heavy (non-hydrogen) atoms. The van der Waals surface area contributed by atoms with Crippen molar-refractivity contribution in [2.75, 3.05) is 50.5 Å². The lowest BCUT2D eigenvalue weighted by molar-refractivity contribution is -0.0463. The molecule has 4 rings (SSSR count). The molecule has 0 saturated carbocycles. The van der Waals surface area contributed by atoms with Crippen molar-refractivity contribution in [3.63, 3.8) is 0 Å². The molecule has 0 aliphatic carbocycles. The van der Waals surface area contributed by atoms with Crippen molar-refractivity contribution >= 4 is 15.8 Å². The van der Waals surface area contributed by atoms with Crippen LogP contribution in [0.15, 0.2) is 30.3 Å². The zero-order valence-electron chi connectivity index (χ0n) is 17.4. The molecule has 2 aromatic rings. The fourth-order valence-electron chi connectivity index (χ4n) is 3.68. The summed E-state index contributed by atoms with van der Waals surface area (Å²) >= 11 is 0. The highest BCUT2D eigenvalue weighted by Crippen LogP contribution is 2.23. The van der Waals surface area contributed by atoms with E-state index < -0.39 is 10.0 Å². The standard InChI is InChI=1S/C21H25N5O4S/c1-31(27,28)26-10-8-25(9-11-26)19-14-18(6-7-20-29-12-13-30-20)23-21(24-19)17-4-2-16(15-22)3-5-17/h2-5,14,20H,6-13H2,1H3. The van der Waals surface area contributed by atoms with Crippen LogP contribution >= 0.6 is 0 Å². The van der Waals surface area contributed by atoms with E-state index in [-0.39, 0.29) is 6.29 Å². The molecule has 0 radical (unpaired) electrons. The van der Waals surface area contributed by atoms with E-state index in [9.17, 15) is 8.42 Å². The van der Waals surface area contributed by atoms with Gasteiger partial charge in [0.1, 0.15) is 5.82 Å². The molecule has 164 valence electrons. The molecule has 0 unspecified atom stereocenters. The van der Waals surface area contributed by atoms with Gasteiger partial charge in [0.15, 0.2) is 12.1 Å². The number of anilines is 1. The van der Waals surface area contributed by atoms with E-state index in [0.29, 0.717) is 63.6 Å². The average molecular weight is 444 g/mol. The Kier molecular flexibility index (Phi) is 6.48. The van der Waals surface area contributed by atoms with Gasteiger partial charge in [-0.1, -0.05) is 0 Å². The maximum absolute atomic E-state index is 11.8. The van der Waals surface area contributed by atoms with E-state index in [4.69, 9.17) is 24.7 Å². The molecule has 2 aliphatic rings. The van der Waals surface area contributed by atoms with E-state index in [1.165, 1.54) is 10.6 Å². The lowest BCUT2D eigenvalue weighted by Crippen LogP contribution is -2.48. The van der Waals surface area contributed by atoms with Crippen molar-refractivity contribution in [3.05, 3.63) is 41.6 Å². The predicted molar refractivity (Wildman–Crippen MR) is 115 cm³/mol. The third-order valence-electron chi connectivity index (χ3n) is 5.40. The molecule has 0 amide bonds. The number of ether oxygens (including phenoxy) is 2. The maximum atomic E-state index is 11.8. The van der Waals surface area contributed by atoms with Crippen LogP contribution in [0.25, 0.3) is 11.4 Å². The number of nitrogens with zero attached hydrogens (tertiary/aromatic N) is 5. The monoisotopic (exact) mass is 443 g/mol. The second-order valence-electron chi connectivity index (χ2n) is 7.59. The average Bonchev–Trinajstić information content (AvgIpc) is 3.31. The van der Waals surface area contributed by atoms with Gasteiger partial charge < -0.3 is 14.4 Å². The summed E-state index contributed by atoms with van der Waals surface area (Å²) in [5.41, 5.74) is 2.27. The minimum absolute atomic E-state index is 0.213. The van der Waals surface area contributed by atoms with E-state index in [0.717, 1.165) is 17.1 Å². The van der Waals surface area contributed by atoms with Gasteiger partial charge in [-0.3, -0.25) is 0 Å². The summed E-state index contributed by atoms with van der Waals surface area (Å²) in [5.74, 6) is 1.35. The van der Waals surface area contributed by atoms with E-state index in [2.05, 4.69) is 11.0 Å². The Labute approximate surface area is 182 Å². The summed E-state index contributed by atoms with van der Waals surface area (Å²) in [6, 6.07) is 11.2. The first kappa shape index (κ1) is 21.6. The fraction of sp³-hybridized carbons (Fsp3) is 0.476. The van der Waals surface area contributed by atoms with Crippen molar-refractivity contribution in [2.45, 2.75) is 19.1 Å². The third-order valence-corrected chi connectivity index (χ3v) is 6.70. The minimum atomic E-state index is -3.20. The first-order chi connectivity index (χ1) is 14.9. The maximum Gasteiger partial charge on any atom is 0.211 e. The predicted octanol–water partition coefficient (Wildman–Crippen LogP) is 1.40. The molecule has 2 aliphatic heterocycles. The Bertz CT molecular complexity index is 1050. The van der Waals surface area contributed by atoms with Gasteiger partial charge in [0, 0.05) is 49.9 Å². The van der Waals surface area contributed by atoms with Gasteiger partial charge in [0.2, 0.25) is 10.0 Å². The number of hydrogen-bond donors (Lipinski definition) is 0. The Balaban J connectivity index is 1.58. The van der Waals surface area contributed by atoms with Crippen LogP contribution in [0.3, 0.4) is 0 Å². The number of rotatable bonds is 6. The number of aryl methyl sites for hydroxylation is 1. The Morgan fingerprint density at radius 1 is 1.10 bits per heavy atom. The lowest BCUT2D eigenvalue weighted by Gasteiger charge is -2.34. The lowest BCUT2D eigenvalue weighted by atomic mass is 10.1. The van der Waals surface area contributed by atoms with Gasteiger partial charge in [-0.25, -0.2) is 18.4 Å². The van der Waals surface area contributed by atoms with E-state index in [1.54, 1.807) is 12.1 Å². The van der Waals surface area contributed by atoms with Crippen molar-refractivity contribution in [2.24, 2.45) is 0 Å². The van der Waals surface area contributed by atoms with Crippen LogP contribution in [0.1, 0.15) is 17.7 Å². The molecule has 3 heterocycles. The van der Waals surface area contributed by atoms with Crippen LogP contribution in [0.2, 0.25) is 0 Å². The molecule has 0 N–H and O–H groups in total. The number of aromatic nitrogens is 2. The van der Waals surface area contributed by atoms with Crippen LogP contribution in [-0.2, 0) is 25.9 Å². The van der Waals surface area contributed by atoms with Crippen LogP contribution in [-0.4, -0.2) is 74.6 Å². The molecule has 1 aromatic carbocycles. The second kappa shape index (κ2) is 9.28. The van der Waals surface area contributed by atoms with Crippen LogP contribution in [0, 0.1) is 11.3 Å². The number of sulfonamides is 1. The topological polar surface area (TPSA) is 109 Å². The fourth-order valence-corrected chi connectivity index (χ4v) is 4.51.